The first kappa shape index (κ1) is 20.8. The molecule has 0 saturated heterocycles. The van der Waals surface area contributed by atoms with Gasteiger partial charge in [0.1, 0.15) is 0 Å². The van der Waals surface area contributed by atoms with Gasteiger partial charge in [0.05, 0.1) is 10.2 Å². The van der Waals surface area contributed by atoms with E-state index in [2.05, 4.69) is 33.0 Å². The standard InChI is InChI=1S/C25H24N4OS/c1-15(2)28-29-25-26-21-14-16(3)22(17(4)23(21)31-25)27-24(30)20-12-10-19(11-13-20)18-8-6-5-7-9-18/h5-14H,1-4H3,(H,26,29)(H,27,30). The van der Waals surface area contributed by atoms with Crippen molar-refractivity contribution in [2.24, 2.45) is 5.10 Å². The second-order valence-corrected chi connectivity index (χ2v) is 8.63. The smallest absolute Gasteiger partial charge is 0.255 e. The minimum atomic E-state index is -0.126. The molecule has 4 rings (SSSR count). The van der Waals surface area contributed by atoms with Gasteiger partial charge in [-0.2, -0.15) is 5.10 Å². The van der Waals surface area contributed by atoms with Crippen molar-refractivity contribution in [2.75, 3.05) is 10.7 Å². The number of rotatable bonds is 5. The average molecular weight is 429 g/mol. The number of carbonyl (C=O) groups is 1. The molecule has 0 atom stereocenters. The molecule has 0 radical (unpaired) electrons. The Morgan fingerprint density at radius 3 is 2.32 bits per heavy atom. The van der Waals surface area contributed by atoms with Gasteiger partial charge in [0, 0.05) is 17.0 Å². The Labute approximate surface area is 185 Å². The van der Waals surface area contributed by atoms with Crippen molar-refractivity contribution in [3.8, 4) is 11.1 Å². The predicted octanol–water partition coefficient (Wildman–Crippen LogP) is 6.64. The highest BCUT2D eigenvalue weighted by molar-refractivity contribution is 7.22. The molecule has 31 heavy (non-hydrogen) atoms. The molecule has 156 valence electrons. The zero-order valence-corrected chi connectivity index (χ0v) is 18.8. The Bertz CT molecular complexity index is 1270. The van der Waals surface area contributed by atoms with E-state index >= 15 is 0 Å². The van der Waals surface area contributed by atoms with Crippen LogP contribution in [0.15, 0.2) is 65.8 Å². The molecule has 5 nitrogen and oxygen atoms in total. The van der Waals surface area contributed by atoms with Gasteiger partial charge in [-0.25, -0.2) is 4.98 Å². The molecule has 0 aliphatic rings. The van der Waals surface area contributed by atoms with E-state index in [1.165, 1.54) is 11.3 Å². The fourth-order valence-corrected chi connectivity index (χ4v) is 4.31. The van der Waals surface area contributed by atoms with Gasteiger partial charge < -0.3 is 5.32 Å². The van der Waals surface area contributed by atoms with Gasteiger partial charge >= 0.3 is 0 Å². The van der Waals surface area contributed by atoms with Crippen molar-refractivity contribution < 1.29 is 4.79 Å². The van der Waals surface area contributed by atoms with E-state index in [1.807, 2.05) is 76.2 Å². The molecule has 2 N–H and O–H groups in total. The number of nitrogens with one attached hydrogen (secondary N) is 2. The zero-order valence-electron chi connectivity index (χ0n) is 18.0. The van der Waals surface area contributed by atoms with Gasteiger partial charge in [-0.05, 0) is 68.1 Å². The number of aromatic nitrogens is 1. The van der Waals surface area contributed by atoms with E-state index in [0.717, 1.165) is 49.0 Å². The summed E-state index contributed by atoms with van der Waals surface area (Å²) in [4.78, 5) is 17.5. The van der Waals surface area contributed by atoms with Crippen molar-refractivity contribution in [1.82, 2.24) is 4.98 Å². The van der Waals surface area contributed by atoms with Crippen LogP contribution in [0.25, 0.3) is 21.3 Å². The molecule has 1 heterocycles. The minimum Gasteiger partial charge on any atom is -0.321 e. The molecule has 0 saturated carbocycles. The van der Waals surface area contributed by atoms with Crippen LogP contribution in [-0.2, 0) is 0 Å². The van der Waals surface area contributed by atoms with Crippen LogP contribution in [0.1, 0.15) is 35.3 Å². The number of anilines is 2. The van der Waals surface area contributed by atoms with Gasteiger partial charge in [-0.3, -0.25) is 10.2 Å². The quantitative estimate of drug-likeness (QED) is 0.277. The first-order chi connectivity index (χ1) is 14.9. The van der Waals surface area contributed by atoms with Crippen molar-refractivity contribution in [2.45, 2.75) is 27.7 Å². The van der Waals surface area contributed by atoms with E-state index < -0.39 is 0 Å². The number of hydrogen-bond donors (Lipinski definition) is 2. The summed E-state index contributed by atoms with van der Waals surface area (Å²) in [7, 11) is 0. The summed E-state index contributed by atoms with van der Waals surface area (Å²) >= 11 is 1.53. The lowest BCUT2D eigenvalue weighted by molar-refractivity contribution is 0.102. The topological polar surface area (TPSA) is 66.4 Å². The van der Waals surface area contributed by atoms with Crippen LogP contribution in [0.5, 0.6) is 0 Å². The van der Waals surface area contributed by atoms with Crippen molar-refractivity contribution in [3.05, 3.63) is 77.4 Å². The molecule has 3 aromatic carbocycles. The van der Waals surface area contributed by atoms with Crippen molar-refractivity contribution in [1.29, 1.82) is 0 Å². The molecule has 0 aliphatic carbocycles. The molecular weight excluding hydrogens is 404 g/mol. The number of benzene rings is 3. The van der Waals surface area contributed by atoms with Crippen LogP contribution < -0.4 is 10.7 Å². The van der Waals surface area contributed by atoms with Crippen LogP contribution in [0.4, 0.5) is 10.8 Å². The van der Waals surface area contributed by atoms with Crippen molar-refractivity contribution in [3.63, 3.8) is 0 Å². The fourth-order valence-electron chi connectivity index (χ4n) is 3.42. The summed E-state index contributed by atoms with van der Waals surface area (Å²) in [6.45, 7) is 7.85. The Morgan fingerprint density at radius 2 is 1.65 bits per heavy atom. The van der Waals surface area contributed by atoms with Crippen LogP contribution in [0.2, 0.25) is 0 Å². The molecule has 1 aromatic heterocycles. The molecule has 0 aliphatic heterocycles. The SMILES string of the molecule is CC(C)=NNc1nc2cc(C)c(NC(=O)c3ccc(-c4ccccc4)cc3)c(C)c2s1. The molecule has 0 bridgehead atoms. The third-order valence-corrected chi connectivity index (χ3v) is 6.08. The summed E-state index contributed by atoms with van der Waals surface area (Å²) in [6.07, 6.45) is 0. The second-order valence-electron chi connectivity index (χ2n) is 7.63. The zero-order chi connectivity index (χ0) is 22.0. The van der Waals surface area contributed by atoms with E-state index in [0.29, 0.717) is 5.56 Å². The van der Waals surface area contributed by atoms with Gasteiger partial charge in [0.25, 0.3) is 5.91 Å². The molecule has 0 unspecified atom stereocenters. The number of hydrogen-bond acceptors (Lipinski definition) is 5. The highest BCUT2D eigenvalue weighted by atomic mass is 32.1. The first-order valence-corrected chi connectivity index (χ1v) is 10.9. The highest BCUT2D eigenvalue weighted by Gasteiger charge is 2.15. The van der Waals surface area contributed by atoms with Gasteiger partial charge in [-0.15, -0.1) is 0 Å². The number of nitrogens with zero attached hydrogens (tertiary/aromatic N) is 2. The molecule has 4 aromatic rings. The largest absolute Gasteiger partial charge is 0.321 e. The molecule has 6 heteroatoms. The maximum Gasteiger partial charge on any atom is 0.255 e. The Kier molecular flexibility index (Phi) is 5.82. The Hall–Kier alpha value is -3.51. The van der Waals surface area contributed by atoms with Gasteiger partial charge in [0.2, 0.25) is 5.13 Å². The molecule has 0 fully saturated rings. The number of thiazole rings is 1. The number of amides is 1. The van der Waals surface area contributed by atoms with Crippen LogP contribution >= 0.6 is 11.3 Å². The maximum atomic E-state index is 12.9. The third-order valence-electron chi connectivity index (χ3n) is 4.98. The normalized spacial score (nSPS) is 10.7. The summed E-state index contributed by atoms with van der Waals surface area (Å²) in [5.41, 5.74) is 10.5. The van der Waals surface area contributed by atoms with Gasteiger partial charge in [-0.1, -0.05) is 53.8 Å². The number of aryl methyl sites for hydroxylation is 2. The summed E-state index contributed by atoms with van der Waals surface area (Å²) in [5.74, 6) is -0.126. The fraction of sp³-hybridized carbons (Fsp3) is 0.160. The summed E-state index contributed by atoms with van der Waals surface area (Å²) < 4.78 is 1.03. The van der Waals surface area contributed by atoms with Crippen LogP contribution in [-0.4, -0.2) is 16.6 Å². The number of carbonyl (C=O) groups excluding carboxylic acids is 1. The van der Waals surface area contributed by atoms with Crippen LogP contribution in [0, 0.1) is 13.8 Å². The minimum absolute atomic E-state index is 0.126. The second kappa shape index (κ2) is 8.70. The number of fused-ring (bicyclic) bond motifs is 1. The molecule has 0 spiro atoms. The Balaban J connectivity index is 1.59. The lowest BCUT2D eigenvalue weighted by Crippen LogP contribution is -2.13. The molecule has 1 amide bonds. The van der Waals surface area contributed by atoms with Gasteiger partial charge in [0.15, 0.2) is 0 Å². The first-order valence-electron chi connectivity index (χ1n) is 10.1. The third kappa shape index (κ3) is 4.49. The highest BCUT2D eigenvalue weighted by Crippen LogP contribution is 2.35. The van der Waals surface area contributed by atoms with Crippen molar-refractivity contribution >= 4 is 44.0 Å². The van der Waals surface area contributed by atoms with E-state index in [9.17, 15) is 4.79 Å². The Morgan fingerprint density at radius 1 is 0.968 bits per heavy atom. The maximum absolute atomic E-state index is 12.9. The van der Waals surface area contributed by atoms with E-state index in [1.54, 1.807) is 0 Å². The summed E-state index contributed by atoms with van der Waals surface area (Å²) in [6, 6.07) is 19.8. The predicted molar refractivity (Wildman–Crippen MR) is 131 cm³/mol. The summed E-state index contributed by atoms with van der Waals surface area (Å²) in [5, 5.41) is 8.06. The molecular formula is C25H24N4OS. The lowest BCUT2D eigenvalue weighted by Gasteiger charge is -2.12. The van der Waals surface area contributed by atoms with Crippen LogP contribution in [0.3, 0.4) is 0 Å². The monoisotopic (exact) mass is 428 g/mol. The van der Waals surface area contributed by atoms with E-state index in [-0.39, 0.29) is 5.91 Å². The van der Waals surface area contributed by atoms with E-state index in [4.69, 9.17) is 0 Å². The lowest BCUT2D eigenvalue weighted by atomic mass is 10.0. The number of hydrazone groups is 1. The average Bonchev–Trinajstić information content (AvgIpc) is 3.19.